The number of nitrogens with one attached hydrogen (secondary N) is 1. The molecule has 0 amide bonds. The average molecular weight is 219 g/mol. The summed E-state index contributed by atoms with van der Waals surface area (Å²) in [7, 11) is 0. The molecule has 0 bridgehead atoms. The second-order valence-electron chi connectivity index (χ2n) is 4.14. The first kappa shape index (κ1) is 11.1. The van der Waals surface area contributed by atoms with Crippen LogP contribution in [-0.4, -0.2) is 18.6 Å². The van der Waals surface area contributed by atoms with Gasteiger partial charge in [0.2, 0.25) is 0 Å². The molecule has 1 heterocycles. The number of carbonyl (C=O) groups excluding carboxylic acids is 1. The third-order valence-corrected chi connectivity index (χ3v) is 2.82. The molecule has 0 aliphatic carbocycles. The molecule has 0 saturated carbocycles. The van der Waals surface area contributed by atoms with Crippen LogP contribution in [0.1, 0.15) is 24.8 Å². The first-order chi connectivity index (χ1) is 7.84. The second-order valence-corrected chi connectivity index (χ2v) is 4.14. The minimum atomic E-state index is -0.108. The Morgan fingerprint density at radius 2 is 2.19 bits per heavy atom. The van der Waals surface area contributed by atoms with Crippen LogP contribution >= 0.6 is 0 Å². The Hall–Kier alpha value is -1.35. The van der Waals surface area contributed by atoms with Gasteiger partial charge in [0, 0.05) is 6.04 Å². The molecular weight excluding hydrogens is 202 g/mol. The second kappa shape index (κ2) is 5.66. The molecule has 3 nitrogen and oxygen atoms in total. The van der Waals surface area contributed by atoms with Crippen LogP contribution in [0.3, 0.4) is 0 Å². The SMILES string of the molecule is O=C(C[C@H]1CCCN1)OCc1ccccc1. The van der Waals surface area contributed by atoms with Gasteiger partial charge in [-0.2, -0.15) is 0 Å². The minimum absolute atomic E-state index is 0.108. The van der Waals surface area contributed by atoms with Gasteiger partial charge in [0.25, 0.3) is 0 Å². The minimum Gasteiger partial charge on any atom is -0.461 e. The van der Waals surface area contributed by atoms with E-state index in [-0.39, 0.29) is 5.97 Å². The van der Waals surface area contributed by atoms with E-state index in [0.717, 1.165) is 24.9 Å². The van der Waals surface area contributed by atoms with Crippen LogP contribution in [0.15, 0.2) is 30.3 Å². The largest absolute Gasteiger partial charge is 0.461 e. The molecule has 1 aliphatic rings. The van der Waals surface area contributed by atoms with Crippen LogP contribution in [0.4, 0.5) is 0 Å². The summed E-state index contributed by atoms with van der Waals surface area (Å²) >= 11 is 0. The molecule has 1 fully saturated rings. The summed E-state index contributed by atoms with van der Waals surface area (Å²) in [5.74, 6) is -0.108. The molecule has 0 radical (unpaired) electrons. The van der Waals surface area contributed by atoms with Crippen LogP contribution in [-0.2, 0) is 16.1 Å². The maximum atomic E-state index is 11.5. The Kier molecular flexibility index (Phi) is 3.94. The number of esters is 1. The van der Waals surface area contributed by atoms with E-state index >= 15 is 0 Å². The topological polar surface area (TPSA) is 38.3 Å². The number of benzene rings is 1. The van der Waals surface area contributed by atoms with Crippen molar-refractivity contribution in [2.75, 3.05) is 6.54 Å². The van der Waals surface area contributed by atoms with E-state index in [9.17, 15) is 4.79 Å². The summed E-state index contributed by atoms with van der Waals surface area (Å²) in [5.41, 5.74) is 1.04. The zero-order chi connectivity index (χ0) is 11.2. The third-order valence-electron chi connectivity index (χ3n) is 2.82. The molecule has 3 heteroatoms. The molecule has 2 rings (SSSR count). The van der Waals surface area contributed by atoms with E-state index in [4.69, 9.17) is 4.74 Å². The number of rotatable bonds is 4. The first-order valence-corrected chi connectivity index (χ1v) is 5.77. The summed E-state index contributed by atoms with van der Waals surface area (Å²) in [6, 6.07) is 10.1. The van der Waals surface area contributed by atoms with Crippen LogP contribution in [0.2, 0.25) is 0 Å². The van der Waals surface area contributed by atoms with Crippen molar-refractivity contribution in [2.24, 2.45) is 0 Å². The highest BCUT2D eigenvalue weighted by atomic mass is 16.5. The summed E-state index contributed by atoms with van der Waals surface area (Å²) in [6.07, 6.45) is 2.74. The summed E-state index contributed by atoms with van der Waals surface area (Å²) in [4.78, 5) is 11.5. The summed E-state index contributed by atoms with van der Waals surface area (Å²) in [5, 5.41) is 3.28. The van der Waals surface area contributed by atoms with Gasteiger partial charge in [-0.1, -0.05) is 30.3 Å². The highest BCUT2D eigenvalue weighted by molar-refractivity contribution is 5.70. The van der Waals surface area contributed by atoms with Gasteiger partial charge < -0.3 is 10.1 Å². The number of ether oxygens (including phenoxy) is 1. The van der Waals surface area contributed by atoms with Gasteiger partial charge in [-0.15, -0.1) is 0 Å². The van der Waals surface area contributed by atoms with E-state index in [2.05, 4.69) is 5.32 Å². The van der Waals surface area contributed by atoms with Crippen molar-refractivity contribution in [2.45, 2.75) is 31.9 Å². The first-order valence-electron chi connectivity index (χ1n) is 5.77. The third kappa shape index (κ3) is 3.35. The van der Waals surface area contributed by atoms with Crippen molar-refractivity contribution in [3.05, 3.63) is 35.9 Å². The Labute approximate surface area is 95.8 Å². The lowest BCUT2D eigenvalue weighted by atomic mass is 10.1. The van der Waals surface area contributed by atoms with Gasteiger partial charge >= 0.3 is 5.97 Å². The van der Waals surface area contributed by atoms with Crippen LogP contribution in [0.25, 0.3) is 0 Å². The lowest BCUT2D eigenvalue weighted by Gasteiger charge is -2.09. The van der Waals surface area contributed by atoms with E-state index < -0.39 is 0 Å². The molecule has 0 aromatic heterocycles. The average Bonchev–Trinajstić information content (AvgIpc) is 2.81. The molecule has 1 atom stereocenters. The maximum Gasteiger partial charge on any atom is 0.307 e. The number of carbonyl (C=O) groups is 1. The lowest BCUT2D eigenvalue weighted by Crippen LogP contribution is -2.25. The van der Waals surface area contributed by atoms with Gasteiger partial charge in [0.15, 0.2) is 0 Å². The monoisotopic (exact) mass is 219 g/mol. The van der Waals surface area contributed by atoms with Crippen LogP contribution in [0.5, 0.6) is 0 Å². The predicted molar refractivity (Wildman–Crippen MR) is 61.9 cm³/mol. The molecule has 0 spiro atoms. The van der Waals surface area contributed by atoms with Crippen molar-refractivity contribution < 1.29 is 9.53 Å². The molecular formula is C13H17NO2. The number of hydrogen-bond donors (Lipinski definition) is 1. The van der Waals surface area contributed by atoms with Gasteiger partial charge in [0.05, 0.1) is 6.42 Å². The number of hydrogen-bond acceptors (Lipinski definition) is 3. The Balaban J connectivity index is 1.71. The summed E-state index contributed by atoms with van der Waals surface area (Å²) < 4.78 is 5.21. The Morgan fingerprint density at radius 3 is 2.88 bits per heavy atom. The predicted octanol–water partition coefficient (Wildman–Crippen LogP) is 1.87. The fraction of sp³-hybridized carbons (Fsp3) is 0.462. The van der Waals surface area contributed by atoms with Crippen molar-refractivity contribution in [1.82, 2.24) is 5.32 Å². The fourth-order valence-corrected chi connectivity index (χ4v) is 1.93. The van der Waals surface area contributed by atoms with Crippen LogP contribution in [0, 0.1) is 0 Å². The van der Waals surface area contributed by atoms with Crippen LogP contribution < -0.4 is 5.32 Å². The van der Waals surface area contributed by atoms with E-state index in [0.29, 0.717) is 19.1 Å². The maximum absolute atomic E-state index is 11.5. The zero-order valence-electron chi connectivity index (χ0n) is 9.32. The van der Waals surface area contributed by atoms with Gasteiger partial charge in [0.1, 0.15) is 6.61 Å². The van der Waals surface area contributed by atoms with Crippen molar-refractivity contribution >= 4 is 5.97 Å². The molecule has 1 N–H and O–H groups in total. The zero-order valence-corrected chi connectivity index (χ0v) is 9.32. The van der Waals surface area contributed by atoms with E-state index in [1.807, 2.05) is 30.3 Å². The standard InChI is InChI=1S/C13H17NO2/c15-13(9-12-7-4-8-14-12)16-10-11-5-2-1-3-6-11/h1-3,5-6,12,14H,4,7-10H2/t12-/m1/s1. The molecule has 86 valence electrons. The molecule has 0 unspecified atom stereocenters. The smallest absolute Gasteiger partial charge is 0.307 e. The molecule has 1 aromatic carbocycles. The molecule has 16 heavy (non-hydrogen) atoms. The summed E-state index contributed by atoms with van der Waals surface area (Å²) in [6.45, 7) is 1.41. The Bertz CT molecular complexity index is 331. The highest BCUT2D eigenvalue weighted by Crippen LogP contribution is 2.10. The van der Waals surface area contributed by atoms with E-state index in [1.54, 1.807) is 0 Å². The highest BCUT2D eigenvalue weighted by Gasteiger charge is 2.18. The van der Waals surface area contributed by atoms with Crippen molar-refractivity contribution in [3.63, 3.8) is 0 Å². The Morgan fingerprint density at radius 1 is 1.38 bits per heavy atom. The normalized spacial score (nSPS) is 19.6. The fourth-order valence-electron chi connectivity index (χ4n) is 1.93. The van der Waals surface area contributed by atoms with Gasteiger partial charge in [-0.05, 0) is 24.9 Å². The molecule has 1 saturated heterocycles. The van der Waals surface area contributed by atoms with Crippen molar-refractivity contribution in [1.29, 1.82) is 0 Å². The molecule has 1 aromatic rings. The lowest BCUT2D eigenvalue weighted by molar-refractivity contribution is -0.145. The van der Waals surface area contributed by atoms with Gasteiger partial charge in [-0.25, -0.2) is 0 Å². The van der Waals surface area contributed by atoms with Crippen molar-refractivity contribution in [3.8, 4) is 0 Å². The van der Waals surface area contributed by atoms with Gasteiger partial charge in [-0.3, -0.25) is 4.79 Å². The quantitative estimate of drug-likeness (QED) is 0.786. The molecule has 1 aliphatic heterocycles. The van der Waals surface area contributed by atoms with E-state index in [1.165, 1.54) is 0 Å².